The van der Waals surface area contributed by atoms with Crippen molar-refractivity contribution < 1.29 is 72.8 Å². The molecule has 0 amide bonds. The summed E-state index contributed by atoms with van der Waals surface area (Å²) in [5.41, 5.74) is 6.08. The maximum absolute atomic E-state index is 12.8. The Morgan fingerprint density at radius 2 is 0.446 bits per heavy atom. The highest BCUT2D eigenvalue weighted by atomic mass is 16.5. The van der Waals surface area contributed by atoms with Crippen LogP contribution in [0.1, 0.15) is 85.2 Å². The third kappa shape index (κ3) is 15.3. The van der Waals surface area contributed by atoms with Crippen LogP contribution < -0.4 is 4.74 Å². The van der Waals surface area contributed by atoms with Crippen LogP contribution in [0, 0.1) is 0 Å². The van der Waals surface area contributed by atoms with E-state index in [1.54, 1.807) is 72.8 Å². The van der Waals surface area contributed by atoms with Crippen LogP contribution in [0.3, 0.4) is 0 Å². The van der Waals surface area contributed by atoms with Gasteiger partial charge in [0, 0.05) is 0 Å². The Morgan fingerprint density at radius 3 is 0.662 bits per heavy atom. The first-order chi connectivity index (χ1) is 35.9. The van der Waals surface area contributed by atoms with Crippen LogP contribution in [0.5, 0.6) is 28.7 Å². The van der Waals surface area contributed by atoms with Gasteiger partial charge in [0.15, 0.2) is 0 Å². The first kappa shape index (κ1) is 51.9. The van der Waals surface area contributed by atoms with Gasteiger partial charge in [0.1, 0.15) is 68.4 Å². The molecule has 374 valence electrons. The van der Waals surface area contributed by atoms with Gasteiger partial charge in [0.2, 0.25) is 0 Å². The van der Waals surface area contributed by atoms with E-state index in [9.17, 15) is 44.4 Å². The molecule has 0 aliphatic rings. The summed E-state index contributed by atoms with van der Waals surface area (Å²) in [5, 5.41) is 37.4. The van der Waals surface area contributed by atoms with Gasteiger partial charge in [-0.15, -0.1) is 0 Å². The quantitative estimate of drug-likeness (QED) is 0.0464. The zero-order valence-corrected chi connectivity index (χ0v) is 39.5. The summed E-state index contributed by atoms with van der Waals surface area (Å²) in [6.07, 6.45) is 0. The topological polar surface area (TPSA) is 222 Å². The second-order valence-corrected chi connectivity index (χ2v) is 16.2. The summed E-state index contributed by atoms with van der Waals surface area (Å²) in [7, 11) is 0. The number of esters is 5. The average molecular weight is 997 g/mol. The summed E-state index contributed by atoms with van der Waals surface area (Å²) in [6, 6.07) is 51.5. The van der Waals surface area contributed by atoms with Gasteiger partial charge in [-0.1, -0.05) is 72.8 Å². The van der Waals surface area contributed by atoms with E-state index in [4.69, 9.17) is 28.4 Å². The summed E-state index contributed by atoms with van der Waals surface area (Å²) in [4.78, 5) is 61.7. The van der Waals surface area contributed by atoms with Gasteiger partial charge in [-0.05, 0) is 155 Å². The number of carbonyl (C=O) groups excluding carboxylic acids is 5. The smallest absolute Gasteiger partial charge is 0.338 e. The Balaban J connectivity index is 0.000000244. The minimum atomic E-state index is -0.536. The molecule has 0 fully saturated rings. The van der Waals surface area contributed by atoms with Crippen LogP contribution in [0.25, 0.3) is 0 Å². The third-order valence-corrected chi connectivity index (χ3v) is 11.0. The lowest BCUT2D eigenvalue weighted by atomic mass is 10.1. The van der Waals surface area contributed by atoms with Crippen LogP contribution in [-0.4, -0.2) is 50.3 Å². The summed E-state index contributed by atoms with van der Waals surface area (Å²) < 4.78 is 32.9. The highest BCUT2D eigenvalue weighted by Crippen LogP contribution is 2.22. The zero-order chi connectivity index (χ0) is 52.2. The van der Waals surface area contributed by atoms with E-state index in [2.05, 4.69) is 0 Å². The Morgan fingerprint density at radius 1 is 0.257 bits per heavy atom. The lowest BCUT2D eigenvalue weighted by Gasteiger charge is -2.13. The van der Waals surface area contributed by atoms with Gasteiger partial charge in [-0.2, -0.15) is 0 Å². The van der Waals surface area contributed by atoms with Crippen molar-refractivity contribution in [3.05, 3.63) is 255 Å². The fourth-order valence-corrected chi connectivity index (χ4v) is 6.89. The normalized spacial score (nSPS) is 10.4. The SMILES string of the molecule is O=C(OCc1ccccc1COC(=O)c1ccc(O)cc1)c1ccc(O)cc1.O=C(OCc1ccccc1COC(=O)c1ccc(OCc2ccccc2COC(=O)c2ccc(O)cc2)cc1)c1ccc(O)cc1. The average Bonchev–Trinajstić information content (AvgIpc) is 3.43. The lowest BCUT2D eigenvalue weighted by Crippen LogP contribution is -2.09. The van der Waals surface area contributed by atoms with E-state index in [0.29, 0.717) is 55.8 Å². The van der Waals surface area contributed by atoms with E-state index >= 15 is 0 Å². The Hall–Kier alpha value is -9.89. The van der Waals surface area contributed by atoms with Crippen molar-refractivity contribution in [2.24, 2.45) is 0 Å². The van der Waals surface area contributed by atoms with E-state index < -0.39 is 29.8 Å². The Kier molecular flexibility index (Phi) is 18.1. The van der Waals surface area contributed by atoms with Crippen molar-refractivity contribution in [3.8, 4) is 28.7 Å². The van der Waals surface area contributed by atoms with Gasteiger partial charge in [-0.3, -0.25) is 0 Å². The molecule has 74 heavy (non-hydrogen) atoms. The standard InChI is InChI=1S/C37H30O9.C22H18O6/c38-32-15-9-25(10-16-32)35(40)44-22-29-6-2-1-5-28(29)21-43-34-19-13-27(14-20-34)37(42)46-24-31-8-4-3-7-30(31)23-45-36(41)26-11-17-33(39)18-12-26;23-19-9-5-15(6-10-19)21(25)27-13-17-3-1-2-4-18(17)14-28-22(26)16-7-11-20(24)12-8-16/h1-20,38-39H,21-24H2;1-12,23-24H,13-14H2. The van der Waals surface area contributed by atoms with Crippen molar-refractivity contribution in [2.45, 2.75) is 39.6 Å². The number of ether oxygens (including phenoxy) is 6. The number of rotatable bonds is 18. The Bertz CT molecular complexity index is 3090. The number of benzene rings is 8. The molecule has 0 saturated carbocycles. The molecule has 8 aromatic rings. The monoisotopic (exact) mass is 996 g/mol. The van der Waals surface area contributed by atoms with Crippen molar-refractivity contribution in [1.29, 1.82) is 0 Å². The van der Waals surface area contributed by atoms with Crippen LogP contribution in [-0.2, 0) is 63.3 Å². The molecule has 8 aromatic carbocycles. The molecular weight excluding hydrogens is 949 g/mol. The zero-order valence-electron chi connectivity index (χ0n) is 39.5. The predicted molar refractivity (Wildman–Crippen MR) is 268 cm³/mol. The van der Waals surface area contributed by atoms with Crippen LogP contribution in [0.2, 0.25) is 0 Å². The van der Waals surface area contributed by atoms with E-state index in [-0.39, 0.29) is 62.6 Å². The van der Waals surface area contributed by atoms with Crippen LogP contribution in [0.15, 0.2) is 194 Å². The minimum absolute atomic E-state index is 0.0105. The maximum atomic E-state index is 12.8. The van der Waals surface area contributed by atoms with Crippen LogP contribution >= 0.6 is 0 Å². The third-order valence-electron chi connectivity index (χ3n) is 11.0. The van der Waals surface area contributed by atoms with E-state index in [1.807, 2.05) is 24.3 Å². The molecule has 0 aromatic heterocycles. The fourth-order valence-electron chi connectivity index (χ4n) is 6.89. The van der Waals surface area contributed by atoms with Crippen molar-refractivity contribution in [3.63, 3.8) is 0 Å². The molecule has 0 bridgehead atoms. The molecule has 0 aliphatic heterocycles. The molecule has 0 atom stereocenters. The number of phenols is 4. The van der Waals surface area contributed by atoms with Gasteiger partial charge < -0.3 is 48.8 Å². The molecule has 0 spiro atoms. The number of hydrogen-bond acceptors (Lipinski definition) is 15. The Labute approximate surface area is 425 Å². The molecule has 0 radical (unpaired) electrons. The summed E-state index contributed by atoms with van der Waals surface area (Å²) >= 11 is 0. The van der Waals surface area contributed by atoms with Gasteiger partial charge in [0.25, 0.3) is 0 Å². The largest absolute Gasteiger partial charge is 0.508 e. The molecule has 0 aliphatic carbocycles. The minimum Gasteiger partial charge on any atom is -0.508 e. The molecule has 15 heteroatoms. The van der Waals surface area contributed by atoms with Crippen molar-refractivity contribution in [1.82, 2.24) is 0 Å². The second-order valence-electron chi connectivity index (χ2n) is 16.2. The number of aromatic hydroxyl groups is 4. The molecule has 0 saturated heterocycles. The summed E-state index contributed by atoms with van der Waals surface area (Å²) in [5.74, 6) is -1.81. The molecular formula is C59H48O15. The van der Waals surface area contributed by atoms with E-state index in [1.165, 1.54) is 97.1 Å². The van der Waals surface area contributed by atoms with Crippen molar-refractivity contribution >= 4 is 29.8 Å². The van der Waals surface area contributed by atoms with E-state index in [0.717, 1.165) is 11.1 Å². The first-order valence-corrected chi connectivity index (χ1v) is 22.8. The molecule has 0 heterocycles. The molecule has 4 N–H and O–H groups in total. The predicted octanol–water partition coefficient (Wildman–Crippen LogP) is 10.6. The highest BCUT2D eigenvalue weighted by molar-refractivity contribution is 5.91. The van der Waals surface area contributed by atoms with Crippen LogP contribution in [0.4, 0.5) is 0 Å². The number of hydrogen-bond donors (Lipinski definition) is 4. The maximum Gasteiger partial charge on any atom is 0.338 e. The first-order valence-electron chi connectivity index (χ1n) is 22.8. The van der Waals surface area contributed by atoms with Gasteiger partial charge in [0.05, 0.1) is 27.8 Å². The molecule has 15 nitrogen and oxygen atoms in total. The molecule has 0 unspecified atom stereocenters. The molecule has 8 rings (SSSR count). The van der Waals surface area contributed by atoms with Gasteiger partial charge in [-0.25, -0.2) is 24.0 Å². The summed E-state index contributed by atoms with van der Waals surface area (Å²) in [6.45, 7) is 0.277. The highest BCUT2D eigenvalue weighted by Gasteiger charge is 2.16. The lowest BCUT2D eigenvalue weighted by molar-refractivity contribution is 0.0435. The number of phenolic OH excluding ortho intramolecular Hbond substituents is 4. The fraction of sp³-hybridized carbons (Fsp3) is 0.102. The van der Waals surface area contributed by atoms with Gasteiger partial charge >= 0.3 is 29.8 Å². The van der Waals surface area contributed by atoms with Crippen molar-refractivity contribution in [2.75, 3.05) is 0 Å². The second kappa shape index (κ2) is 25.8. The number of carbonyl (C=O) groups is 5.